The molecule has 0 fully saturated rings. The maximum absolute atomic E-state index is 12.6. The Hall–Kier alpha value is -3.51. The van der Waals surface area contributed by atoms with Gasteiger partial charge in [-0.05, 0) is 67.4 Å². The van der Waals surface area contributed by atoms with Crippen LogP contribution in [-0.2, 0) is 4.79 Å². The van der Waals surface area contributed by atoms with Gasteiger partial charge in [-0.3, -0.25) is 9.59 Å². The lowest BCUT2D eigenvalue weighted by Crippen LogP contribution is -2.20. The van der Waals surface area contributed by atoms with Crippen LogP contribution >= 0.6 is 11.8 Å². The van der Waals surface area contributed by atoms with Gasteiger partial charge in [0.15, 0.2) is 18.1 Å². The lowest BCUT2D eigenvalue weighted by molar-refractivity contribution is -0.118. The van der Waals surface area contributed by atoms with Crippen LogP contribution in [0.15, 0.2) is 76.5 Å². The second-order valence-corrected chi connectivity index (χ2v) is 8.37. The molecule has 0 spiro atoms. The fourth-order valence-electron chi connectivity index (χ4n) is 3.35. The SMILES string of the molecule is CCOc1cc(/C=C2\Sc3ccccc3C2=O)ccc1OCC(=O)Nc1cccc(C)c1. The number of Topliss-reactive ketones (excluding diaryl/α,β-unsaturated/α-hetero) is 1. The van der Waals surface area contributed by atoms with Crippen molar-refractivity contribution in [2.24, 2.45) is 0 Å². The van der Waals surface area contributed by atoms with Crippen LogP contribution < -0.4 is 14.8 Å². The van der Waals surface area contributed by atoms with E-state index in [1.54, 1.807) is 6.07 Å². The molecule has 6 heteroatoms. The third kappa shape index (κ3) is 5.03. The van der Waals surface area contributed by atoms with Crippen LogP contribution in [-0.4, -0.2) is 24.9 Å². The van der Waals surface area contributed by atoms with Crippen LogP contribution in [0.5, 0.6) is 11.5 Å². The van der Waals surface area contributed by atoms with Crippen molar-refractivity contribution in [2.75, 3.05) is 18.5 Å². The van der Waals surface area contributed by atoms with Crippen molar-refractivity contribution in [1.82, 2.24) is 0 Å². The van der Waals surface area contributed by atoms with Crippen molar-refractivity contribution in [3.8, 4) is 11.5 Å². The summed E-state index contributed by atoms with van der Waals surface area (Å²) in [7, 11) is 0. The van der Waals surface area contributed by atoms with Crippen LogP contribution in [0.25, 0.3) is 6.08 Å². The lowest BCUT2D eigenvalue weighted by atomic mass is 10.1. The number of benzene rings is 3. The molecule has 0 radical (unpaired) electrons. The van der Waals surface area contributed by atoms with Gasteiger partial charge in [-0.2, -0.15) is 0 Å². The number of hydrogen-bond acceptors (Lipinski definition) is 5. The van der Waals surface area contributed by atoms with E-state index in [1.165, 1.54) is 11.8 Å². The Morgan fingerprint density at radius 1 is 1.00 bits per heavy atom. The summed E-state index contributed by atoms with van der Waals surface area (Å²) in [5, 5.41) is 2.82. The second kappa shape index (κ2) is 9.75. The average Bonchev–Trinajstić information content (AvgIpc) is 3.09. The van der Waals surface area contributed by atoms with Crippen LogP contribution in [0.2, 0.25) is 0 Å². The van der Waals surface area contributed by atoms with Crippen molar-refractivity contribution in [3.05, 3.63) is 88.3 Å². The Labute approximate surface area is 191 Å². The highest BCUT2D eigenvalue weighted by molar-refractivity contribution is 8.04. The number of thioether (sulfide) groups is 1. The molecule has 5 nitrogen and oxygen atoms in total. The molecule has 3 aromatic carbocycles. The largest absolute Gasteiger partial charge is 0.490 e. The predicted octanol–water partition coefficient (Wildman–Crippen LogP) is 5.74. The molecule has 1 aliphatic heterocycles. The normalized spacial score (nSPS) is 13.7. The van der Waals surface area contributed by atoms with Crippen molar-refractivity contribution < 1.29 is 19.1 Å². The molecule has 1 N–H and O–H groups in total. The Bertz CT molecular complexity index is 1200. The maximum Gasteiger partial charge on any atom is 0.262 e. The molecule has 0 saturated carbocycles. The molecule has 0 saturated heterocycles. The van der Waals surface area contributed by atoms with Crippen LogP contribution in [0, 0.1) is 6.92 Å². The lowest BCUT2D eigenvalue weighted by Gasteiger charge is -2.13. The number of hydrogen-bond donors (Lipinski definition) is 1. The van der Waals surface area contributed by atoms with Gasteiger partial charge in [-0.15, -0.1) is 0 Å². The number of ether oxygens (including phenoxy) is 2. The third-order valence-electron chi connectivity index (χ3n) is 4.80. The first-order valence-electron chi connectivity index (χ1n) is 10.3. The Morgan fingerprint density at radius 2 is 1.84 bits per heavy atom. The van der Waals surface area contributed by atoms with Crippen LogP contribution in [0.1, 0.15) is 28.4 Å². The number of amides is 1. The first kappa shape index (κ1) is 21.7. The summed E-state index contributed by atoms with van der Waals surface area (Å²) >= 11 is 1.47. The van der Waals surface area contributed by atoms with Gasteiger partial charge in [-0.25, -0.2) is 0 Å². The molecule has 4 rings (SSSR count). The van der Waals surface area contributed by atoms with Crippen molar-refractivity contribution in [3.63, 3.8) is 0 Å². The van der Waals surface area contributed by atoms with E-state index in [2.05, 4.69) is 5.32 Å². The summed E-state index contributed by atoms with van der Waals surface area (Å²) < 4.78 is 11.4. The summed E-state index contributed by atoms with van der Waals surface area (Å²) in [5.41, 5.74) is 3.35. The summed E-state index contributed by atoms with van der Waals surface area (Å²) in [6.07, 6.45) is 1.85. The number of carbonyl (C=O) groups excluding carboxylic acids is 2. The topological polar surface area (TPSA) is 64.6 Å². The summed E-state index contributed by atoms with van der Waals surface area (Å²) in [6, 6.07) is 20.6. The molecule has 0 aromatic heterocycles. The molecule has 162 valence electrons. The van der Waals surface area contributed by atoms with Gasteiger partial charge in [0.25, 0.3) is 5.91 Å². The number of allylic oxidation sites excluding steroid dienone is 1. The first-order chi connectivity index (χ1) is 15.5. The van der Waals surface area contributed by atoms with Crippen molar-refractivity contribution in [2.45, 2.75) is 18.7 Å². The molecule has 0 atom stereocenters. The van der Waals surface area contributed by atoms with Crippen molar-refractivity contribution in [1.29, 1.82) is 0 Å². The van der Waals surface area contributed by atoms with Gasteiger partial charge in [0, 0.05) is 16.1 Å². The maximum atomic E-state index is 12.6. The smallest absolute Gasteiger partial charge is 0.262 e. The molecule has 32 heavy (non-hydrogen) atoms. The van der Waals surface area contributed by atoms with E-state index in [0.717, 1.165) is 27.3 Å². The van der Waals surface area contributed by atoms with E-state index in [1.807, 2.05) is 80.6 Å². The van der Waals surface area contributed by atoms with E-state index < -0.39 is 0 Å². The first-order valence-corrected chi connectivity index (χ1v) is 11.1. The summed E-state index contributed by atoms with van der Waals surface area (Å²) in [5.74, 6) is 0.770. The second-order valence-electron chi connectivity index (χ2n) is 7.28. The highest BCUT2D eigenvalue weighted by Crippen LogP contribution is 2.41. The highest BCUT2D eigenvalue weighted by Gasteiger charge is 2.25. The van der Waals surface area contributed by atoms with E-state index in [0.29, 0.717) is 23.0 Å². The van der Waals surface area contributed by atoms with Gasteiger partial charge in [-0.1, -0.05) is 42.1 Å². The Morgan fingerprint density at radius 3 is 2.62 bits per heavy atom. The Balaban J connectivity index is 1.46. The molecule has 1 amide bonds. The minimum absolute atomic E-state index is 0.0247. The number of rotatable bonds is 7. The van der Waals surface area contributed by atoms with Crippen molar-refractivity contribution >= 4 is 35.2 Å². The van der Waals surface area contributed by atoms with E-state index in [-0.39, 0.29) is 18.3 Å². The predicted molar refractivity (Wildman–Crippen MR) is 128 cm³/mol. The van der Waals surface area contributed by atoms with E-state index in [4.69, 9.17) is 9.47 Å². The van der Waals surface area contributed by atoms with Gasteiger partial charge < -0.3 is 14.8 Å². The molecule has 3 aromatic rings. The Kier molecular flexibility index (Phi) is 6.61. The zero-order chi connectivity index (χ0) is 22.5. The number of aryl methyl sites for hydroxylation is 1. The van der Waals surface area contributed by atoms with Gasteiger partial charge in [0.2, 0.25) is 5.78 Å². The van der Waals surface area contributed by atoms with Gasteiger partial charge >= 0.3 is 0 Å². The quantitative estimate of drug-likeness (QED) is 0.470. The minimum Gasteiger partial charge on any atom is -0.490 e. The molecule has 0 bridgehead atoms. The standard InChI is InChI=1S/C26H23NO4S/c1-3-30-22-14-18(15-24-26(29)20-9-4-5-10-23(20)32-24)11-12-21(22)31-16-25(28)27-19-8-6-7-17(2)13-19/h4-15H,3,16H2,1-2H3,(H,27,28)/b24-15-. The van der Waals surface area contributed by atoms with Crippen LogP contribution in [0.4, 0.5) is 5.69 Å². The summed E-state index contributed by atoms with van der Waals surface area (Å²) in [6.45, 7) is 4.16. The molecule has 1 heterocycles. The zero-order valence-electron chi connectivity index (χ0n) is 17.9. The minimum atomic E-state index is -0.255. The molecule has 0 aliphatic carbocycles. The fourth-order valence-corrected chi connectivity index (χ4v) is 4.40. The molecule has 0 unspecified atom stereocenters. The van der Waals surface area contributed by atoms with E-state index >= 15 is 0 Å². The highest BCUT2D eigenvalue weighted by atomic mass is 32.2. The molecular formula is C26H23NO4S. The number of anilines is 1. The monoisotopic (exact) mass is 445 g/mol. The van der Waals surface area contributed by atoms with Gasteiger partial charge in [0.05, 0.1) is 11.5 Å². The molecular weight excluding hydrogens is 422 g/mol. The number of ketones is 1. The summed E-state index contributed by atoms with van der Waals surface area (Å²) in [4.78, 5) is 26.6. The average molecular weight is 446 g/mol. The number of carbonyl (C=O) groups is 2. The molecule has 1 aliphatic rings. The number of nitrogens with one attached hydrogen (secondary N) is 1. The fraction of sp³-hybridized carbons (Fsp3) is 0.154. The third-order valence-corrected chi connectivity index (χ3v) is 5.90. The zero-order valence-corrected chi connectivity index (χ0v) is 18.7. The number of fused-ring (bicyclic) bond motifs is 1. The van der Waals surface area contributed by atoms with Gasteiger partial charge in [0.1, 0.15) is 0 Å². The van der Waals surface area contributed by atoms with E-state index in [9.17, 15) is 9.59 Å². The van der Waals surface area contributed by atoms with Crippen LogP contribution in [0.3, 0.4) is 0 Å².